The molecule has 1 atom stereocenters. The van der Waals surface area contributed by atoms with E-state index in [0.29, 0.717) is 29.1 Å². The first-order valence-electron chi connectivity index (χ1n) is 4.95. The first-order valence-corrected chi connectivity index (χ1v) is 5.83. The van der Waals surface area contributed by atoms with Gasteiger partial charge in [0.1, 0.15) is 5.69 Å². The lowest BCUT2D eigenvalue weighted by Gasteiger charge is -1.97. The van der Waals surface area contributed by atoms with Gasteiger partial charge < -0.3 is 15.0 Å². The van der Waals surface area contributed by atoms with Crippen LogP contribution in [0.1, 0.15) is 18.2 Å². The highest BCUT2D eigenvalue weighted by atomic mass is 32.1. The molecule has 1 unspecified atom stereocenters. The Kier molecular flexibility index (Phi) is 2.33. The molecule has 6 nitrogen and oxygen atoms in total. The lowest BCUT2D eigenvalue weighted by atomic mass is 10.1. The average Bonchev–Trinajstić information content (AvgIpc) is 2.97. The molecule has 7 heteroatoms. The van der Waals surface area contributed by atoms with E-state index in [9.17, 15) is 0 Å². The molecule has 0 aliphatic carbocycles. The molecule has 3 rings (SSSR count). The molecule has 0 bridgehead atoms. The third-order valence-electron chi connectivity index (χ3n) is 2.48. The summed E-state index contributed by atoms with van der Waals surface area (Å²) < 4.78 is 10.4. The molecule has 0 radical (unpaired) electrons. The van der Waals surface area contributed by atoms with Crippen molar-refractivity contribution >= 4 is 16.5 Å². The van der Waals surface area contributed by atoms with E-state index in [1.807, 2.05) is 0 Å². The van der Waals surface area contributed by atoms with Gasteiger partial charge in [0.15, 0.2) is 11.0 Å². The van der Waals surface area contributed by atoms with Crippen molar-refractivity contribution in [2.24, 2.45) is 0 Å². The highest BCUT2D eigenvalue weighted by Crippen LogP contribution is 2.26. The minimum absolute atomic E-state index is 0.244. The van der Waals surface area contributed by atoms with Crippen LogP contribution in [0.4, 0.5) is 5.13 Å². The Morgan fingerprint density at radius 2 is 2.38 bits per heavy atom. The molecule has 1 aliphatic heterocycles. The maximum absolute atomic E-state index is 5.54. The van der Waals surface area contributed by atoms with Gasteiger partial charge in [0.2, 0.25) is 0 Å². The number of nitrogens with zero attached hydrogens (tertiary/aromatic N) is 3. The maximum Gasteiger partial charge on any atom is 0.277 e. The molecule has 3 heterocycles. The lowest BCUT2D eigenvalue weighted by Crippen LogP contribution is -1.99. The number of hydrogen-bond acceptors (Lipinski definition) is 7. The second-order valence-corrected chi connectivity index (χ2v) is 4.48. The van der Waals surface area contributed by atoms with Crippen LogP contribution in [0.5, 0.6) is 0 Å². The number of hydrogen-bond donors (Lipinski definition) is 1. The van der Waals surface area contributed by atoms with E-state index in [1.165, 1.54) is 11.3 Å². The molecule has 16 heavy (non-hydrogen) atoms. The Morgan fingerprint density at radius 1 is 1.44 bits per heavy atom. The van der Waals surface area contributed by atoms with Crippen LogP contribution in [0.3, 0.4) is 0 Å². The van der Waals surface area contributed by atoms with E-state index in [1.54, 1.807) is 5.38 Å². The summed E-state index contributed by atoms with van der Waals surface area (Å²) >= 11 is 1.35. The van der Waals surface area contributed by atoms with Crippen LogP contribution in [0, 0.1) is 0 Å². The summed E-state index contributed by atoms with van der Waals surface area (Å²) in [6.07, 6.45) is 0.943. The fourth-order valence-electron chi connectivity index (χ4n) is 1.63. The quantitative estimate of drug-likeness (QED) is 0.848. The Balaban J connectivity index is 1.87. The number of nitrogen functional groups attached to an aromatic ring is 1. The normalized spacial score (nSPS) is 20.4. The lowest BCUT2D eigenvalue weighted by molar-refractivity contribution is 0.192. The van der Waals surface area contributed by atoms with Crippen LogP contribution in [0.2, 0.25) is 0 Å². The predicted molar refractivity (Wildman–Crippen MR) is 58.0 cm³/mol. The van der Waals surface area contributed by atoms with E-state index >= 15 is 0 Å². The molecule has 0 saturated carbocycles. The first-order chi connectivity index (χ1) is 7.83. The van der Waals surface area contributed by atoms with Gasteiger partial charge in [0, 0.05) is 17.9 Å². The molecule has 2 aromatic rings. The van der Waals surface area contributed by atoms with Crippen LogP contribution in [0.25, 0.3) is 11.6 Å². The average molecular weight is 238 g/mol. The Hall–Kier alpha value is -1.47. The number of thiazole rings is 1. The van der Waals surface area contributed by atoms with Gasteiger partial charge in [0.05, 0.1) is 6.61 Å². The van der Waals surface area contributed by atoms with Crippen molar-refractivity contribution < 1.29 is 9.26 Å². The topological polar surface area (TPSA) is 87.1 Å². The summed E-state index contributed by atoms with van der Waals surface area (Å²) in [6.45, 7) is 1.43. The molecule has 0 amide bonds. The molecule has 1 fully saturated rings. The third kappa shape index (κ3) is 1.68. The number of rotatable bonds is 2. The smallest absolute Gasteiger partial charge is 0.277 e. The monoisotopic (exact) mass is 238 g/mol. The van der Waals surface area contributed by atoms with E-state index in [0.717, 1.165) is 13.0 Å². The van der Waals surface area contributed by atoms with E-state index in [-0.39, 0.29) is 5.92 Å². The van der Waals surface area contributed by atoms with E-state index in [2.05, 4.69) is 15.1 Å². The molecule has 2 N–H and O–H groups in total. The van der Waals surface area contributed by atoms with Crippen LogP contribution in [0.15, 0.2) is 9.90 Å². The van der Waals surface area contributed by atoms with Crippen molar-refractivity contribution in [3.63, 3.8) is 0 Å². The first kappa shape index (κ1) is 9.73. The van der Waals surface area contributed by atoms with Crippen molar-refractivity contribution in [2.45, 2.75) is 12.3 Å². The van der Waals surface area contributed by atoms with Crippen molar-refractivity contribution in [1.82, 2.24) is 15.1 Å². The van der Waals surface area contributed by atoms with Gasteiger partial charge in [-0.05, 0) is 6.42 Å². The minimum Gasteiger partial charge on any atom is -0.381 e. The van der Waals surface area contributed by atoms with Crippen molar-refractivity contribution in [2.75, 3.05) is 18.9 Å². The molecule has 0 aromatic carbocycles. The summed E-state index contributed by atoms with van der Waals surface area (Å²) in [5.74, 6) is 1.36. The van der Waals surface area contributed by atoms with Gasteiger partial charge in [-0.25, -0.2) is 4.98 Å². The molecule has 1 saturated heterocycles. The SMILES string of the molecule is Nc1nc(-c2nc(C3CCOC3)no2)cs1. The fourth-order valence-corrected chi connectivity index (χ4v) is 2.17. The predicted octanol–water partition coefficient (Wildman–Crippen LogP) is 1.28. The van der Waals surface area contributed by atoms with Crippen molar-refractivity contribution in [3.8, 4) is 11.6 Å². The van der Waals surface area contributed by atoms with Gasteiger partial charge in [-0.15, -0.1) is 11.3 Å². The second kappa shape index (κ2) is 3.84. The number of aromatic nitrogens is 3. The second-order valence-electron chi connectivity index (χ2n) is 3.59. The Bertz CT molecular complexity index is 489. The van der Waals surface area contributed by atoms with Crippen molar-refractivity contribution in [1.29, 1.82) is 0 Å². The number of ether oxygens (including phenoxy) is 1. The number of nitrogens with two attached hydrogens (primary N) is 1. The van der Waals surface area contributed by atoms with Gasteiger partial charge in [-0.2, -0.15) is 4.98 Å². The van der Waals surface area contributed by atoms with Crippen molar-refractivity contribution in [3.05, 3.63) is 11.2 Å². The molecule has 2 aromatic heterocycles. The van der Waals surface area contributed by atoms with Gasteiger partial charge in [-0.3, -0.25) is 0 Å². The number of anilines is 1. The van der Waals surface area contributed by atoms with E-state index < -0.39 is 0 Å². The Labute approximate surface area is 95.4 Å². The van der Waals surface area contributed by atoms with Crippen LogP contribution in [-0.2, 0) is 4.74 Å². The van der Waals surface area contributed by atoms with E-state index in [4.69, 9.17) is 15.0 Å². The highest BCUT2D eigenvalue weighted by molar-refractivity contribution is 7.13. The standard InChI is InChI=1S/C9H10N4O2S/c10-9-11-6(4-16-9)8-12-7(13-15-8)5-1-2-14-3-5/h4-5H,1-3H2,(H2,10,11). The van der Waals surface area contributed by atoms with Crippen LogP contribution >= 0.6 is 11.3 Å². The summed E-state index contributed by atoms with van der Waals surface area (Å²) in [7, 11) is 0. The van der Waals surface area contributed by atoms with Crippen LogP contribution < -0.4 is 5.73 Å². The summed E-state index contributed by atoms with van der Waals surface area (Å²) in [5.41, 5.74) is 6.18. The zero-order valence-corrected chi connectivity index (χ0v) is 9.24. The molecule has 0 spiro atoms. The maximum atomic E-state index is 5.54. The highest BCUT2D eigenvalue weighted by Gasteiger charge is 2.23. The zero-order chi connectivity index (χ0) is 11.0. The van der Waals surface area contributed by atoms with Crippen LogP contribution in [-0.4, -0.2) is 28.3 Å². The minimum atomic E-state index is 0.244. The summed E-state index contributed by atoms with van der Waals surface area (Å²) in [6, 6.07) is 0. The fraction of sp³-hybridized carbons (Fsp3) is 0.444. The Morgan fingerprint density at radius 3 is 3.06 bits per heavy atom. The zero-order valence-electron chi connectivity index (χ0n) is 8.42. The molecule has 1 aliphatic rings. The summed E-state index contributed by atoms with van der Waals surface area (Å²) in [4.78, 5) is 8.40. The van der Waals surface area contributed by atoms with Gasteiger partial charge in [-0.1, -0.05) is 5.16 Å². The summed E-state index contributed by atoms with van der Waals surface area (Å²) in [5, 5.41) is 6.24. The van der Waals surface area contributed by atoms with Gasteiger partial charge >= 0.3 is 0 Å². The van der Waals surface area contributed by atoms with Gasteiger partial charge in [0.25, 0.3) is 5.89 Å². The third-order valence-corrected chi connectivity index (χ3v) is 3.15. The molecular weight excluding hydrogens is 228 g/mol. The molecule has 84 valence electrons. The molecular formula is C9H10N4O2S. The largest absolute Gasteiger partial charge is 0.381 e.